The van der Waals surface area contributed by atoms with Crippen molar-refractivity contribution in [1.29, 1.82) is 0 Å². The van der Waals surface area contributed by atoms with Gasteiger partial charge in [-0.25, -0.2) is 0 Å². The van der Waals surface area contributed by atoms with Gasteiger partial charge in [0, 0.05) is 0 Å². The summed E-state index contributed by atoms with van der Waals surface area (Å²) in [5.74, 6) is 0. The molecule has 0 spiro atoms. The van der Waals surface area contributed by atoms with Crippen molar-refractivity contribution in [3.8, 4) is 0 Å². The molecule has 0 radical (unpaired) electrons. The van der Waals surface area contributed by atoms with Gasteiger partial charge in [0.25, 0.3) is 0 Å². The zero-order valence-corrected chi connectivity index (χ0v) is 8.77. The molecule has 0 fully saturated rings. The van der Waals surface area contributed by atoms with Crippen LogP contribution in [0.1, 0.15) is 26.2 Å². The van der Waals surface area contributed by atoms with Crippen LogP contribution in [0.3, 0.4) is 0 Å². The monoisotopic (exact) mass is 184 g/mol. The molecule has 0 bridgehead atoms. The zero-order valence-electron chi connectivity index (χ0n) is 8.77. The predicted molar refractivity (Wildman–Crippen MR) is 62.1 cm³/mol. The highest BCUT2D eigenvalue weighted by Crippen LogP contribution is 2.41. The Bertz CT molecular complexity index is 386. The van der Waals surface area contributed by atoms with Crippen LogP contribution in [-0.2, 0) is 0 Å². The summed E-state index contributed by atoms with van der Waals surface area (Å²) in [4.78, 5) is 0. The summed E-state index contributed by atoms with van der Waals surface area (Å²) in [7, 11) is 0. The molecule has 0 aliphatic heterocycles. The Kier molecular flexibility index (Phi) is 2.28. The Morgan fingerprint density at radius 3 is 3.00 bits per heavy atom. The molecule has 0 heteroatoms. The molecule has 0 heterocycles. The third kappa shape index (κ3) is 1.31. The largest absolute Gasteiger partial charge is 0.0988 e. The first-order valence-electron chi connectivity index (χ1n) is 5.14. The maximum absolute atomic E-state index is 4.15. The third-order valence-electron chi connectivity index (χ3n) is 3.03. The topological polar surface area (TPSA) is 0 Å². The number of allylic oxidation sites excluding steroid dienone is 8. The van der Waals surface area contributed by atoms with Crippen molar-refractivity contribution in [2.75, 3.05) is 0 Å². The standard InChI is InChI=1S/C14H16/c1-4-10(2)14-11(3)9-12-7-5-6-8-13(12)14/h4,6,8H,1,3,5,7,9H2,2H3/b14-10+. The van der Waals surface area contributed by atoms with E-state index in [2.05, 4.69) is 32.2 Å². The van der Waals surface area contributed by atoms with Gasteiger partial charge in [-0.05, 0) is 48.5 Å². The van der Waals surface area contributed by atoms with E-state index in [0.717, 1.165) is 6.42 Å². The fraction of sp³-hybridized carbons (Fsp3) is 0.286. The lowest BCUT2D eigenvalue weighted by Crippen LogP contribution is -1.90. The van der Waals surface area contributed by atoms with Gasteiger partial charge in [0.1, 0.15) is 0 Å². The van der Waals surface area contributed by atoms with Crippen LogP contribution in [0.15, 0.2) is 59.3 Å². The lowest BCUT2D eigenvalue weighted by molar-refractivity contribution is 0.925. The SMILES string of the molecule is C=C/C(C)=C1\C(=C)CC2=C1C=CCC2. The van der Waals surface area contributed by atoms with E-state index >= 15 is 0 Å². The van der Waals surface area contributed by atoms with Crippen LogP contribution in [-0.4, -0.2) is 0 Å². The van der Waals surface area contributed by atoms with Crippen LogP contribution in [0, 0.1) is 0 Å². The van der Waals surface area contributed by atoms with Crippen LogP contribution in [0.2, 0.25) is 0 Å². The highest BCUT2D eigenvalue weighted by atomic mass is 14.3. The van der Waals surface area contributed by atoms with Crippen molar-refractivity contribution >= 4 is 0 Å². The molecule has 2 aliphatic carbocycles. The van der Waals surface area contributed by atoms with Gasteiger partial charge in [-0.2, -0.15) is 0 Å². The Labute approximate surface area is 86.0 Å². The minimum Gasteiger partial charge on any atom is -0.0988 e. The van der Waals surface area contributed by atoms with Crippen LogP contribution < -0.4 is 0 Å². The minimum atomic E-state index is 1.07. The first kappa shape index (κ1) is 9.26. The first-order valence-corrected chi connectivity index (χ1v) is 5.14. The summed E-state index contributed by atoms with van der Waals surface area (Å²) in [6.07, 6.45) is 9.90. The van der Waals surface area contributed by atoms with Gasteiger partial charge >= 0.3 is 0 Å². The summed E-state index contributed by atoms with van der Waals surface area (Å²) in [6.45, 7) is 10.1. The summed E-state index contributed by atoms with van der Waals surface area (Å²) < 4.78 is 0. The lowest BCUT2D eigenvalue weighted by atomic mass is 9.96. The van der Waals surface area contributed by atoms with Crippen LogP contribution in [0.5, 0.6) is 0 Å². The maximum Gasteiger partial charge on any atom is -0.00574 e. The van der Waals surface area contributed by atoms with Crippen LogP contribution in [0.25, 0.3) is 0 Å². The molecule has 0 aromatic carbocycles. The van der Waals surface area contributed by atoms with Crippen molar-refractivity contribution < 1.29 is 0 Å². The molecule has 0 amide bonds. The Morgan fingerprint density at radius 1 is 1.50 bits per heavy atom. The van der Waals surface area contributed by atoms with Crippen molar-refractivity contribution in [3.05, 3.63) is 59.3 Å². The van der Waals surface area contributed by atoms with E-state index in [1.54, 1.807) is 5.57 Å². The van der Waals surface area contributed by atoms with E-state index < -0.39 is 0 Å². The fourth-order valence-corrected chi connectivity index (χ4v) is 2.28. The molecule has 2 aliphatic rings. The zero-order chi connectivity index (χ0) is 10.1. The van der Waals surface area contributed by atoms with Gasteiger partial charge in [0.2, 0.25) is 0 Å². The van der Waals surface area contributed by atoms with E-state index in [0.29, 0.717) is 0 Å². The molecule has 2 rings (SSSR count). The quantitative estimate of drug-likeness (QED) is 0.575. The van der Waals surface area contributed by atoms with Crippen LogP contribution >= 0.6 is 0 Å². The summed E-state index contributed by atoms with van der Waals surface area (Å²) in [5.41, 5.74) is 6.84. The van der Waals surface area contributed by atoms with Crippen molar-refractivity contribution in [1.82, 2.24) is 0 Å². The number of rotatable bonds is 1. The number of hydrogen-bond donors (Lipinski definition) is 0. The predicted octanol–water partition coefficient (Wildman–Crippen LogP) is 4.10. The molecular weight excluding hydrogens is 168 g/mol. The molecule has 0 nitrogen and oxygen atoms in total. The molecule has 14 heavy (non-hydrogen) atoms. The minimum absolute atomic E-state index is 1.07. The molecule has 0 unspecified atom stereocenters. The van der Waals surface area contributed by atoms with E-state index in [-0.39, 0.29) is 0 Å². The van der Waals surface area contributed by atoms with E-state index in [4.69, 9.17) is 0 Å². The Morgan fingerprint density at radius 2 is 2.29 bits per heavy atom. The summed E-state index contributed by atoms with van der Waals surface area (Å²) >= 11 is 0. The first-order chi connectivity index (χ1) is 6.74. The molecule has 0 saturated heterocycles. The second kappa shape index (κ2) is 3.45. The van der Waals surface area contributed by atoms with Gasteiger partial charge in [-0.1, -0.05) is 37.0 Å². The van der Waals surface area contributed by atoms with Gasteiger partial charge in [-0.3, -0.25) is 0 Å². The maximum atomic E-state index is 4.15. The third-order valence-corrected chi connectivity index (χ3v) is 3.03. The van der Waals surface area contributed by atoms with Gasteiger partial charge in [0.15, 0.2) is 0 Å². The summed E-state index contributed by atoms with van der Waals surface area (Å²) in [5, 5.41) is 0. The van der Waals surface area contributed by atoms with Gasteiger partial charge in [-0.15, -0.1) is 0 Å². The Balaban J connectivity index is 2.53. The molecule has 0 saturated carbocycles. The van der Waals surface area contributed by atoms with Gasteiger partial charge in [0.05, 0.1) is 0 Å². The average molecular weight is 184 g/mol. The molecule has 72 valence electrons. The highest BCUT2D eigenvalue weighted by molar-refractivity contribution is 5.64. The molecule has 0 N–H and O–H groups in total. The molecule has 0 aromatic heterocycles. The van der Waals surface area contributed by atoms with Crippen molar-refractivity contribution in [2.45, 2.75) is 26.2 Å². The summed E-state index contributed by atoms with van der Waals surface area (Å²) in [6, 6.07) is 0. The fourth-order valence-electron chi connectivity index (χ4n) is 2.28. The second-order valence-corrected chi connectivity index (χ2v) is 4.00. The Hall–Kier alpha value is -1.30. The van der Waals surface area contributed by atoms with Crippen molar-refractivity contribution in [3.63, 3.8) is 0 Å². The van der Waals surface area contributed by atoms with Crippen LogP contribution in [0.4, 0.5) is 0 Å². The highest BCUT2D eigenvalue weighted by Gasteiger charge is 2.23. The van der Waals surface area contributed by atoms with E-state index in [1.165, 1.54) is 35.1 Å². The molecular formula is C14H16. The molecule has 0 atom stereocenters. The second-order valence-electron chi connectivity index (χ2n) is 4.00. The normalized spacial score (nSPS) is 23.9. The lowest BCUT2D eigenvalue weighted by Gasteiger charge is -2.09. The van der Waals surface area contributed by atoms with Gasteiger partial charge < -0.3 is 0 Å². The van der Waals surface area contributed by atoms with E-state index in [1.807, 2.05) is 6.08 Å². The van der Waals surface area contributed by atoms with E-state index in [9.17, 15) is 0 Å². The smallest absolute Gasteiger partial charge is 0.00574 e. The molecule has 0 aromatic rings. The average Bonchev–Trinajstić information content (AvgIpc) is 2.53. The van der Waals surface area contributed by atoms with Crippen molar-refractivity contribution in [2.24, 2.45) is 0 Å². The number of hydrogen-bond acceptors (Lipinski definition) is 0.